The number of anilines is 1. The second kappa shape index (κ2) is 12.3. The molecule has 2 atom stereocenters. The predicted octanol–water partition coefficient (Wildman–Crippen LogP) is 6.37. The molecule has 2 heterocycles. The van der Waals surface area contributed by atoms with Crippen molar-refractivity contribution in [1.82, 2.24) is 20.4 Å². The summed E-state index contributed by atoms with van der Waals surface area (Å²) >= 11 is 18.7. The van der Waals surface area contributed by atoms with Crippen LogP contribution in [0, 0.1) is 0 Å². The van der Waals surface area contributed by atoms with Crippen LogP contribution in [0.3, 0.4) is 0 Å². The minimum absolute atomic E-state index is 0.0339. The predicted molar refractivity (Wildman–Crippen MR) is 160 cm³/mol. The first kappa shape index (κ1) is 29.2. The van der Waals surface area contributed by atoms with Crippen LogP contribution in [0.15, 0.2) is 66.7 Å². The molecule has 42 heavy (non-hydrogen) atoms. The van der Waals surface area contributed by atoms with Crippen molar-refractivity contribution in [2.24, 2.45) is 0 Å². The zero-order valence-corrected chi connectivity index (χ0v) is 24.8. The van der Waals surface area contributed by atoms with Crippen LogP contribution in [0.25, 0.3) is 22.5 Å². The number of nitrogens with one attached hydrogen (secondary N) is 2. The smallest absolute Gasteiger partial charge is 0.340 e. The van der Waals surface area contributed by atoms with Gasteiger partial charge in [-0.25, -0.2) is 25.2 Å². The van der Waals surface area contributed by atoms with Crippen molar-refractivity contribution in [1.29, 1.82) is 0 Å². The summed E-state index contributed by atoms with van der Waals surface area (Å²) in [7, 11) is 4.53. The lowest BCUT2D eigenvalue weighted by Gasteiger charge is -2.44. The van der Waals surface area contributed by atoms with Gasteiger partial charge in [0.1, 0.15) is 11.4 Å². The highest BCUT2D eigenvalue weighted by Crippen LogP contribution is 2.42. The van der Waals surface area contributed by atoms with Crippen LogP contribution in [-0.2, 0) is 4.79 Å². The number of urea groups is 1. The lowest BCUT2D eigenvalue weighted by atomic mass is 9.95. The van der Waals surface area contributed by atoms with Crippen molar-refractivity contribution < 1.29 is 23.8 Å². The maximum absolute atomic E-state index is 13.1. The van der Waals surface area contributed by atoms with E-state index in [1.54, 1.807) is 66.7 Å². The van der Waals surface area contributed by atoms with Gasteiger partial charge in [0, 0.05) is 21.2 Å². The van der Waals surface area contributed by atoms with Gasteiger partial charge in [-0.15, -0.1) is 11.6 Å². The van der Waals surface area contributed by atoms with Gasteiger partial charge in [-0.1, -0.05) is 53.5 Å². The SMILES string of the molecule is COc1cc(-c2cc(-c3ccc(Cl)cc3)nc(NC(=O)NN3C(=O)C(Cl)C3c3ccccc3Cl)n2)cc(OC)c1OC. The molecule has 5 rings (SSSR count). The number of carbonyl (C=O) groups is 2. The zero-order chi connectivity index (χ0) is 30.0. The first-order valence-electron chi connectivity index (χ1n) is 12.5. The molecule has 2 N–H and O–H groups in total. The Morgan fingerprint density at radius 2 is 1.48 bits per heavy atom. The van der Waals surface area contributed by atoms with Crippen LogP contribution in [0.1, 0.15) is 11.6 Å². The minimum atomic E-state index is -0.888. The first-order valence-corrected chi connectivity index (χ1v) is 13.7. The molecule has 10 nitrogen and oxygen atoms in total. The molecule has 1 saturated heterocycles. The van der Waals surface area contributed by atoms with Crippen LogP contribution < -0.4 is 25.0 Å². The number of hydrazine groups is 1. The number of aromatic nitrogens is 2. The Morgan fingerprint density at radius 1 is 0.857 bits per heavy atom. The molecule has 1 aliphatic heterocycles. The average molecular weight is 629 g/mol. The number of methoxy groups -OCH3 is 3. The fourth-order valence-electron chi connectivity index (χ4n) is 4.48. The minimum Gasteiger partial charge on any atom is -0.493 e. The second-order valence-corrected chi connectivity index (χ2v) is 10.3. The molecule has 0 saturated carbocycles. The van der Waals surface area contributed by atoms with Gasteiger partial charge in [0.25, 0.3) is 5.91 Å². The third-order valence-electron chi connectivity index (χ3n) is 6.53. The van der Waals surface area contributed by atoms with E-state index in [9.17, 15) is 9.59 Å². The van der Waals surface area contributed by atoms with Crippen LogP contribution in [0.4, 0.5) is 10.7 Å². The van der Waals surface area contributed by atoms with Gasteiger partial charge in [0.2, 0.25) is 11.7 Å². The zero-order valence-electron chi connectivity index (χ0n) is 22.5. The number of amides is 3. The molecule has 0 spiro atoms. The van der Waals surface area contributed by atoms with E-state index in [1.807, 2.05) is 0 Å². The largest absolute Gasteiger partial charge is 0.493 e. The van der Waals surface area contributed by atoms with Gasteiger partial charge in [-0.05, 0) is 42.0 Å². The highest BCUT2D eigenvalue weighted by molar-refractivity contribution is 6.35. The van der Waals surface area contributed by atoms with E-state index in [4.69, 9.17) is 49.0 Å². The summed E-state index contributed by atoms with van der Waals surface area (Å²) < 4.78 is 16.4. The number of benzene rings is 3. The Morgan fingerprint density at radius 3 is 2.07 bits per heavy atom. The van der Waals surface area contributed by atoms with Gasteiger partial charge in [0.05, 0.1) is 32.7 Å². The Kier molecular flexibility index (Phi) is 8.58. The molecule has 1 aliphatic rings. The number of halogens is 3. The van der Waals surface area contributed by atoms with Crippen LogP contribution >= 0.6 is 34.8 Å². The summed E-state index contributed by atoms with van der Waals surface area (Å²) in [6.07, 6.45) is 0. The number of hydrogen-bond donors (Lipinski definition) is 2. The highest BCUT2D eigenvalue weighted by atomic mass is 35.5. The summed E-state index contributed by atoms with van der Waals surface area (Å²) in [4.78, 5) is 34.8. The number of ether oxygens (including phenoxy) is 3. The Labute approximate surface area is 256 Å². The Hall–Kier alpha value is -4.25. The standard InChI is InChI=1S/C29H24Cl3N5O5/c1-40-22-12-16(13-23(41-2)26(22)42-3)21-14-20(15-8-10-17(30)11-9-15)33-28(34-21)35-29(39)36-37-25(24(32)27(37)38)18-6-4-5-7-19(18)31/h4-14,24-25H,1-3H3,(H2,33,34,35,36,39). The highest BCUT2D eigenvalue weighted by Gasteiger charge is 2.49. The number of nitrogens with zero attached hydrogens (tertiary/aromatic N) is 3. The molecular weight excluding hydrogens is 605 g/mol. The Balaban J connectivity index is 1.49. The fourth-order valence-corrected chi connectivity index (χ4v) is 5.20. The number of hydrogen-bond acceptors (Lipinski definition) is 7. The average Bonchev–Trinajstić information content (AvgIpc) is 3.00. The maximum Gasteiger partial charge on any atom is 0.340 e. The van der Waals surface area contributed by atoms with Crippen LogP contribution in [-0.4, -0.2) is 53.6 Å². The summed E-state index contributed by atoms with van der Waals surface area (Å²) in [6, 6.07) is 17.8. The van der Waals surface area contributed by atoms with Crippen LogP contribution in [0.5, 0.6) is 17.2 Å². The molecule has 2 unspecified atom stereocenters. The summed E-state index contributed by atoms with van der Waals surface area (Å²) in [6.45, 7) is 0. The summed E-state index contributed by atoms with van der Waals surface area (Å²) in [5.74, 6) is 0.740. The molecule has 3 amide bonds. The summed E-state index contributed by atoms with van der Waals surface area (Å²) in [5.41, 5.74) is 5.40. The molecule has 1 fully saturated rings. The molecule has 0 aliphatic carbocycles. The van der Waals surface area contributed by atoms with E-state index in [0.29, 0.717) is 49.8 Å². The lowest BCUT2D eigenvalue weighted by Crippen LogP contribution is -2.63. The van der Waals surface area contributed by atoms with Gasteiger partial charge in [-0.2, -0.15) is 0 Å². The van der Waals surface area contributed by atoms with E-state index in [-0.39, 0.29) is 5.95 Å². The van der Waals surface area contributed by atoms with Gasteiger partial charge in [0.15, 0.2) is 11.5 Å². The van der Waals surface area contributed by atoms with E-state index in [0.717, 1.165) is 10.6 Å². The normalized spacial score (nSPS) is 16.0. The van der Waals surface area contributed by atoms with Gasteiger partial charge >= 0.3 is 6.03 Å². The number of carbonyl (C=O) groups excluding carboxylic acids is 2. The third-order valence-corrected chi connectivity index (χ3v) is 7.55. The van der Waals surface area contributed by atoms with E-state index < -0.39 is 23.4 Å². The molecule has 0 bridgehead atoms. The van der Waals surface area contributed by atoms with Crippen LogP contribution in [0.2, 0.25) is 10.0 Å². The molecule has 13 heteroatoms. The third kappa shape index (κ3) is 5.74. The van der Waals surface area contributed by atoms with E-state index in [2.05, 4.69) is 20.7 Å². The number of alkyl halides is 1. The van der Waals surface area contributed by atoms with Crippen molar-refractivity contribution in [2.45, 2.75) is 11.4 Å². The van der Waals surface area contributed by atoms with Gasteiger partial charge < -0.3 is 14.2 Å². The lowest BCUT2D eigenvalue weighted by molar-refractivity contribution is -0.149. The molecule has 4 aromatic rings. The van der Waals surface area contributed by atoms with E-state index >= 15 is 0 Å². The Bertz CT molecular complexity index is 1630. The maximum atomic E-state index is 13.1. The topological polar surface area (TPSA) is 115 Å². The molecule has 0 radical (unpaired) electrons. The molecule has 3 aromatic carbocycles. The molecule has 216 valence electrons. The van der Waals surface area contributed by atoms with Gasteiger partial charge in [-0.3, -0.25) is 10.1 Å². The van der Waals surface area contributed by atoms with Crippen molar-refractivity contribution in [2.75, 3.05) is 26.6 Å². The first-order chi connectivity index (χ1) is 20.2. The molecular formula is C29H24Cl3N5O5. The van der Waals surface area contributed by atoms with Crippen molar-refractivity contribution in [3.05, 3.63) is 82.3 Å². The second-order valence-electron chi connectivity index (χ2n) is 9.03. The number of rotatable bonds is 8. The molecule has 1 aromatic heterocycles. The fraction of sp³-hybridized carbons (Fsp3) is 0.172. The monoisotopic (exact) mass is 627 g/mol. The van der Waals surface area contributed by atoms with Crippen molar-refractivity contribution in [3.8, 4) is 39.8 Å². The van der Waals surface area contributed by atoms with Crippen molar-refractivity contribution in [3.63, 3.8) is 0 Å². The number of β-lactam (4-membered cyclic amide) rings is 1. The quantitative estimate of drug-likeness (QED) is 0.172. The van der Waals surface area contributed by atoms with Crippen molar-refractivity contribution >= 4 is 52.7 Å². The summed E-state index contributed by atoms with van der Waals surface area (Å²) in [5, 5.41) is 3.83. The van der Waals surface area contributed by atoms with E-state index in [1.165, 1.54) is 21.3 Å².